The molecule has 28 nitrogen and oxygen atoms in total. The number of carboxylic acid groups (broad SMARTS) is 1. The van der Waals surface area contributed by atoms with Crippen LogP contribution in [0.1, 0.15) is 128 Å². The van der Waals surface area contributed by atoms with Gasteiger partial charge >= 0.3 is 36.1 Å². The largest absolute Gasteiger partial charge is 0.480 e. The van der Waals surface area contributed by atoms with Gasteiger partial charge in [-0.3, -0.25) is 38.4 Å². The van der Waals surface area contributed by atoms with E-state index in [4.69, 9.17) is 14.6 Å². The van der Waals surface area contributed by atoms with Crippen LogP contribution in [0.2, 0.25) is 0 Å². The highest BCUT2D eigenvalue weighted by Gasteiger charge is 2.43. The van der Waals surface area contributed by atoms with Gasteiger partial charge in [0.05, 0.1) is 73.3 Å². The predicted octanol–water partition coefficient (Wildman–Crippen LogP) is 8.96. The van der Waals surface area contributed by atoms with E-state index >= 15 is 0 Å². The lowest BCUT2D eigenvalue weighted by molar-refractivity contribution is -0.153. The number of nitrogens with one attached hydrogen (secondary N) is 2. The number of alkyl halides is 2. The number of hydrogen-bond donors (Lipinski definition) is 3. The molecule has 9 rings (SSSR count). The molecule has 6 aromatic rings. The van der Waals surface area contributed by atoms with Gasteiger partial charge in [0.1, 0.15) is 52.3 Å². The number of ether oxygens (including phenoxy) is 5. The molecule has 5 heterocycles. The van der Waals surface area contributed by atoms with Crippen molar-refractivity contribution in [3.8, 4) is 22.3 Å². The van der Waals surface area contributed by atoms with Crippen molar-refractivity contribution in [2.45, 2.75) is 117 Å². The number of methoxy groups -OCH3 is 3. The maximum Gasteiger partial charge on any atom is 0.407 e. The Balaban J connectivity index is 0.000000274. The van der Waals surface area contributed by atoms with Crippen LogP contribution < -0.4 is 10.6 Å². The highest BCUT2D eigenvalue weighted by molar-refractivity contribution is 9.09. The number of Topliss-reactive ketones (excluding diaryl/α,β-unsaturated/α-hetero) is 4. The summed E-state index contributed by atoms with van der Waals surface area (Å²) in [5.41, 5.74) is 6.85. The standard InChI is InChI=1S/C40H48N6O12S.C16H10Br2N2O2S.C13H21NO5/c1-21(2)31(41-39(53)55-5)35(49)45-17-7-9-27(45)37(51)57-19-29(47)24-13-11-23(12-14-24)25-15-16-26(34-33(25)43-59-44-34)30(48)20-58-38(52)28-10-8-18-46(28)36(50)32(22(3)4)42-40(54)56-6;17-7-13(21)10-3-1-9(2-4-10)11-5-6-12(14(22)8-18)16-15(11)19-23-20-16;1-8(2)9(7-11(15)19-3)12(16)14-6-4-5-10(14)13(17)18/h11-16,21-22,27-28,31-32H,7-10,17-20H2,1-6H3,(H,41,53)(H,42,54);1-6H,7-8H2;8-10H,4-7H2,1-3H3,(H,17,18)/t27-,28-,31-,32-;;9-,10-/m0.0/s1. The van der Waals surface area contributed by atoms with E-state index in [0.29, 0.717) is 101 Å². The van der Waals surface area contributed by atoms with Crippen LogP contribution in [-0.2, 0) is 57.2 Å². The van der Waals surface area contributed by atoms with Crippen LogP contribution in [0, 0.1) is 23.7 Å². The topological polar surface area (TPSA) is 374 Å². The first kappa shape index (κ1) is 79.3. The number of carbonyl (C=O) groups excluding carboxylic acids is 12. The number of likely N-dealkylation sites (tertiary alicyclic amines) is 3. The summed E-state index contributed by atoms with van der Waals surface area (Å²) in [6.45, 7) is 10.6. The second-order valence-corrected chi connectivity index (χ2v) is 27.0. The van der Waals surface area contributed by atoms with E-state index in [-0.39, 0.29) is 64.6 Å². The summed E-state index contributed by atoms with van der Waals surface area (Å²) in [6, 6.07) is 16.3. The summed E-state index contributed by atoms with van der Waals surface area (Å²) in [7, 11) is 3.66. The molecule has 2 aromatic heterocycles. The van der Waals surface area contributed by atoms with Gasteiger partial charge in [0.2, 0.25) is 23.5 Å². The number of hydrogen-bond acceptors (Lipinski definition) is 24. The van der Waals surface area contributed by atoms with Crippen molar-refractivity contribution in [3.63, 3.8) is 0 Å². The summed E-state index contributed by atoms with van der Waals surface area (Å²) >= 11 is 8.34. The van der Waals surface area contributed by atoms with Gasteiger partial charge in [-0.15, -0.1) is 0 Å². The number of carbonyl (C=O) groups is 13. The zero-order valence-corrected chi connectivity index (χ0v) is 61.8. The highest BCUT2D eigenvalue weighted by Crippen LogP contribution is 2.34. The summed E-state index contributed by atoms with van der Waals surface area (Å²) in [5.74, 6) is -6.12. The number of ketones is 4. The van der Waals surface area contributed by atoms with Crippen LogP contribution in [0.5, 0.6) is 0 Å². The van der Waals surface area contributed by atoms with Crippen molar-refractivity contribution in [2.24, 2.45) is 23.7 Å². The van der Waals surface area contributed by atoms with Gasteiger partial charge < -0.3 is 54.1 Å². The Morgan fingerprint density at radius 1 is 0.485 bits per heavy atom. The lowest BCUT2D eigenvalue weighted by atomic mass is 9.91. The monoisotopic (exact) mass is 1560 g/mol. The van der Waals surface area contributed by atoms with Crippen molar-refractivity contribution < 1.29 is 91.1 Å². The molecule has 3 fully saturated rings. The van der Waals surface area contributed by atoms with E-state index in [0.717, 1.165) is 34.6 Å². The maximum absolute atomic E-state index is 13.4. The van der Waals surface area contributed by atoms with Crippen molar-refractivity contribution in [2.75, 3.05) is 64.8 Å². The lowest BCUT2D eigenvalue weighted by Crippen LogP contribution is -2.54. The number of aromatic nitrogens is 4. The number of aliphatic carboxylic acids is 1. The summed E-state index contributed by atoms with van der Waals surface area (Å²) < 4.78 is 42.0. The fraction of sp³-hybridized carbons (Fsp3) is 0.464. The Morgan fingerprint density at radius 2 is 0.871 bits per heavy atom. The maximum atomic E-state index is 13.4. The fourth-order valence-electron chi connectivity index (χ4n) is 11.8. The van der Waals surface area contributed by atoms with Gasteiger partial charge in [-0.1, -0.05) is 134 Å². The summed E-state index contributed by atoms with van der Waals surface area (Å²) in [6.07, 6.45) is 1.41. The lowest BCUT2D eigenvalue weighted by Gasteiger charge is -2.29. The Bertz CT molecular complexity index is 4050. The molecule has 3 N–H and O–H groups in total. The van der Waals surface area contributed by atoms with Gasteiger partial charge in [-0.05, 0) is 79.5 Å². The average Bonchev–Trinajstić information content (AvgIpc) is 1.71. The molecule has 6 atom stereocenters. The summed E-state index contributed by atoms with van der Waals surface area (Å²) in [4.78, 5) is 166. The second-order valence-electron chi connectivity index (χ2n) is 24.8. The number of rotatable bonds is 25. The molecule has 3 aliphatic rings. The molecule has 4 aromatic carbocycles. The van der Waals surface area contributed by atoms with Crippen LogP contribution >= 0.6 is 55.3 Å². The van der Waals surface area contributed by atoms with E-state index in [1.54, 1.807) is 82.3 Å². The Morgan fingerprint density at radius 3 is 1.26 bits per heavy atom. The molecule has 540 valence electrons. The molecular weight excluding hydrogens is 1480 g/mol. The number of halogens is 2. The van der Waals surface area contributed by atoms with Crippen molar-refractivity contribution in [3.05, 3.63) is 95.1 Å². The van der Waals surface area contributed by atoms with Crippen LogP contribution in [0.4, 0.5) is 9.59 Å². The third-order valence-corrected chi connectivity index (χ3v) is 19.4. The molecule has 3 aliphatic heterocycles. The van der Waals surface area contributed by atoms with Crippen molar-refractivity contribution in [1.82, 2.24) is 42.8 Å². The van der Waals surface area contributed by atoms with Gasteiger partial charge in [-0.2, -0.15) is 17.5 Å². The number of nitrogens with zero attached hydrogens (tertiary/aromatic N) is 7. The van der Waals surface area contributed by atoms with Crippen molar-refractivity contribution >= 4 is 154 Å². The minimum Gasteiger partial charge on any atom is -0.480 e. The molecule has 0 spiro atoms. The molecule has 3 saturated heterocycles. The van der Waals surface area contributed by atoms with Gasteiger partial charge in [-0.25, -0.2) is 24.0 Å². The molecule has 0 aliphatic carbocycles. The summed E-state index contributed by atoms with van der Waals surface area (Å²) in [5, 5.41) is 14.7. The Hall–Kier alpha value is -9.01. The molecule has 0 radical (unpaired) electrons. The molecular formula is C69H79Br2N9O19S2. The first-order valence-electron chi connectivity index (χ1n) is 32.4. The number of alkyl carbamates (subject to hydrolysis) is 2. The zero-order chi connectivity index (χ0) is 73.9. The predicted molar refractivity (Wildman–Crippen MR) is 378 cm³/mol. The first-order valence-corrected chi connectivity index (χ1v) is 36.1. The highest BCUT2D eigenvalue weighted by atomic mass is 79.9. The molecule has 0 unspecified atom stereocenters. The van der Waals surface area contributed by atoms with E-state index in [9.17, 15) is 62.3 Å². The third-order valence-electron chi connectivity index (χ3n) is 17.4. The Labute approximate surface area is 607 Å². The number of carboxylic acids is 1. The van der Waals surface area contributed by atoms with E-state index in [1.165, 1.54) is 36.0 Å². The fourth-order valence-corrected chi connectivity index (χ4v) is 13.5. The number of fused-ring (bicyclic) bond motifs is 2. The second kappa shape index (κ2) is 37.1. The van der Waals surface area contributed by atoms with Crippen LogP contribution in [0.3, 0.4) is 0 Å². The van der Waals surface area contributed by atoms with Crippen LogP contribution in [0.15, 0.2) is 72.8 Å². The van der Waals surface area contributed by atoms with Crippen molar-refractivity contribution in [1.29, 1.82) is 0 Å². The Kier molecular flexibility index (Phi) is 29.1. The van der Waals surface area contributed by atoms with E-state index in [2.05, 4.69) is 74.2 Å². The SMILES string of the molecule is COC(=O)C[C@H](C(=O)N1CCC[C@H]1C(=O)O)C(C)C.COC(=O)N[C@H](C(=O)N1CCC[C@H]1C(=O)OCC(=O)c1ccc(-c2ccc(C(=O)COC(=O)[C@@H]3CCCN3C(=O)[C@@H](NC(=O)OC)C(C)C)c3nsnc23)cc1)C(C)C.O=C(CBr)c1ccc(-c2ccc(C(=O)CBr)c3nsnc23)cc1. The molecule has 101 heavy (non-hydrogen) atoms. The zero-order valence-electron chi connectivity index (χ0n) is 57.0. The molecule has 5 amide bonds. The first-order chi connectivity index (χ1) is 48.2. The van der Waals surface area contributed by atoms with Crippen LogP contribution in [-0.4, -0.2) is 209 Å². The number of esters is 3. The van der Waals surface area contributed by atoms with Gasteiger partial charge in [0, 0.05) is 47.5 Å². The van der Waals surface area contributed by atoms with Crippen LogP contribution in [0.25, 0.3) is 44.3 Å². The number of benzene rings is 4. The van der Waals surface area contributed by atoms with Gasteiger partial charge in [0.25, 0.3) is 0 Å². The minimum absolute atomic E-state index is 0.00413. The molecule has 0 saturated carbocycles. The third kappa shape index (κ3) is 19.8. The van der Waals surface area contributed by atoms with E-state index in [1.807, 2.05) is 32.0 Å². The quantitative estimate of drug-likeness (QED) is 0.0208. The average molecular weight is 1560 g/mol. The molecule has 32 heteroatoms. The number of amides is 5. The minimum atomic E-state index is -0.980. The molecule has 0 bridgehead atoms. The van der Waals surface area contributed by atoms with Gasteiger partial charge in [0.15, 0.2) is 30.6 Å². The smallest absolute Gasteiger partial charge is 0.407 e. The van der Waals surface area contributed by atoms with E-state index < -0.39 is 109 Å². The normalized spacial score (nSPS) is 16.5.